The van der Waals surface area contributed by atoms with Crippen LogP contribution in [0.25, 0.3) is 22.1 Å². The minimum Gasteiger partial charge on any atom is -0.385 e. The van der Waals surface area contributed by atoms with Gasteiger partial charge in [-0.3, -0.25) is 4.90 Å². The maximum absolute atomic E-state index is 9.43. The summed E-state index contributed by atoms with van der Waals surface area (Å²) in [5, 5.41) is 19.2. The summed E-state index contributed by atoms with van der Waals surface area (Å²) in [6, 6.07) is 5.13. The van der Waals surface area contributed by atoms with Crippen molar-refractivity contribution in [3.05, 3.63) is 24.3 Å². The highest BCUT2D eigenvalue weighted by molar-refractivity contribution is 6.00. The van der Waals surface area contributed by atoms with Crippen LogP contribution in [0.4, 0.5) is 0 Å². The number of pyridine rings is 1. The van der Waals surface area contributed by atoms with E-state index in [1.807, 2.05) is 12.3 Å². The highest BCUT2D eigenvalue weighted by atomic mass is 16.3. The van der Waals surface area contributed by atoms with Crippen molar-refractivity contribution in [3.63, 3.8) is 0 Å². The van der Waals surface area contributed by atoms with E-state index in [9.17, 15) is 5.11 Å². The molecular formula is C21H28N6O. The molecule has 7 heteroatoms. The lowest BCUT2D eigenvalue weighted by atomic mass is 9.94. The number of hydrogen-bond donors (Lipinski definition) is 3. The van der Waals surface area contributed by atoms with Gasteiger partial charge < -0.3 is 15.1 Å². The van der Waals surface area contributed by atoms with Gasteiger partial charge in [-0.2, -0.15) is 5.26 Å². The molecule has 3 aromatic heterocycles. The second-order valence-electron chi connectivity index (χ2n) is 7.96. The van der Waals surface area contributed by atoms with Crippen molar-refractivity contribution in [1.82, 2.24) is 24.8 Å². The van der Waals surface area contributed by atoms with Crippen molar-refractivity contribution < 1.29 is 5.11 Å². The molecule has 0 bridgehead atoms. The molecule has 28 heavy (non-hydrogen) atoms. The minimum atomic E-state index is -0.591. The summed E-state index contributed by atoms with van der Waals surface area (Å²) in [5.41, 5.74) is 2.50. The average molecular weight is 380 g/mol. The van der Waals surface area contributed by atoms with Gasteiger partial charge in [-0.05, 0) is 38.8 Å². The van der Waals surface area contributed by atoms with Gasteiger partial charge in [0, 0.05) is 24.2 Å². The molecule has 1 aliphatic carbocycles. The fraction of sp³-hybridized carbons (Fsp3) is 0.571. The number of nitrogens with one attached hydrogen (secondary N) is 2. The van der Waals surface area contributed by atoms with Gasteiger partial charge in [0.1, 0.15) is 23.1 Å². The van der Waals surface area contributed by atoms with E-state index in [0.717, 1.165) is 41.1 Å². The van der Waals surface area contributed by atoms with E-state index in [1.165, 1.54) is 38.6 Å². The lowest BCUT2D eigenvalue weighted by Crippen LogP contribution is -2.34. The maximum Gasteiger partial charge on any atom is 0.139 e. The lowest BCUT2D eigenvalue weighted by Gasteiger charge is -2.30. The Balaban J connectivity index is 0.000000139. The number of imidazole rings is 1. The number of rotatable bonds is 2. The topological polar surface area (TPSA) is 105 Å². The number of aliphatic hydroxyl groups is 1. The van der Waals surface area contributed by atoms with E-state index in [2.05, 4.69) is 30.9 Å². The number of aromatic nitrogens is 4. The molecular weight excluding hydrogens is 352 g/mol. The third kappa shape index (κ3) is 3.89. The van der Waals surface area contributed by atoms with Gasteiger partial charge in [-0.25, -0.2) is 9.97 Å². The SMILES string of the molecule is C[C@@H](O)c1nc2c(cnc3[nH]ccc32)[nH]1.N#CC1CCN(C2CCCCC2)C1. The monoisotopic (exact) mass is 380 g/mol. The third-order valence-electron chi connectivity index (χ3n) is 5.94. The minimum absolute atomic E-state index is 0.321. The fourth-order valence-corrected chi connectivity index (χ4v) is 4.36. The van der Waals surface area contributed by atoms with Crippen molar-refractivity contribution >= 4 is 22.1 Å². The van der Waals surface area contributed by atoms with Gasteiger partial charge in [-0.1, -0.05) is 19.3 Å². The van der Waals surface area contributed by atoms with Crippen LogP contribution in [0.15, 0.2) is 18.5 Å². The van der Waals surface area contributed by atoms with E-state index < -0.39 is 6.10 Å². The molecule has 0 radical (unpaired) electrons. The van der Waals surface area contributed by atoms with Crippen LogP contribution in [0.3, 0.4) is 0 Å². The van der Waals surface area contributed by atoms with Crippen molar-refractivity contribution in [3.8, 4) is 6.07 Å². The predicted molar refractivity (Wildman–Crippen MR) is 109 cm³/mol. The second kappa shape index (κ2) is 8.29. The van der Waals surface area contributed by atoms with Crippen LogP contribution < -0.4 is 0 Å². The van der Waals surface area contributed by atoms with Crippen molar-refractivity contribution in [2.45, 2.75) is 57.6 Å². The Bertz CT molecular complexity index is 962. The Hall–Kier alpha value is -2.43. The molecule has 1 saturated heterocycles. The molecule has 2 fully saturated rings. The smallest absolute Gasteiger partial charge is 0.139 e. The van der Waals surface area contributed by atoms with Gasteiger partial charge in [-0.15, -0.1) is 0 Å². The van der Waals surface area contributed by atoms with Crippen molar-refractivity contribution in [2.75, 3.05) is 13.1 Å². The first-order valence-electron chi connectivity index (χ1n) is 10.3. The first kappa shape index (κ1) is 18.9. The van der Waals surface area contributed by atoms with E-state index in [-0.39, 0.29) is 0 Å². The average Bonchev–Trinajstić information content (AvgIpc) is 3.46. The molecule has 2 atom stereocenters. The number of likely N-dealkylation sites (tertiary alicyclic amines) is 1. The molecule has 3 aromatic rings. The summed E-state index contributed by atoms with van der Waals surface area (Å²) < 4.78 is 0. The predicted octanol–water partition coefficient (Wildman–Crippen LogP) is 3.66. The molecule has 148 valence electrons. The standard InChI is InChI=1S/C11H18N2.C10H10N4O/c12-8-10-6-7-13(9-10)11-4-2-1-3-5-11;1-5(15)9-13-7-4-12-10-6(2-3-11-10)8(7)14-9/h10-11H,1-7,9H2;2-5,15H,1H3,(H,11,12)(H,13,14)/t;5-/m.1/s1. The van der Waals surface area contributed by atoms with Gasteiger partial charge in [0.25, 0.3) is 0 Å². The van der Waals surface area contributed by atoms with Gasteiger partial charge in [0.05, 0.1) is 23.7 Å². The maximum atomic E-state index is 9.43. The summed E-state index contributed by atoms with van der Waals surface area (Å²) in [7, 11) is 0. The quantitative estimate of drug-likeness (QED) is 0.629. The molecule has 1 saturated carbocycles. The Morgan fingerprint density at radius 2 is 2.11 bits per heavy atom. The second-order valence-corrected chi connectivity index (χ2v) is 7.96. The molecule has 7 nitrogen and oxygen atoms in total. The zero-order valence-electron chi connectivity index (χ0n) is 16.4. The van der Waals surface area contributed by atoms with Crippen LogP contribution in [0.2, 0.25) is 0 Å². The number of nitriles is 1. The van der Waals surface area contributed by atoms with Crippen LogP contribution in [0, 0.1) is 17.2 Å². The third-order valence-corrected chi connectivity index (χ3v) is 5.94. The van der Waals surface area contributed by atoms with Crippen LogP contribution in [-0.2, 0) is 0 Å². The molecule has 4 heterocycles. The number of aromatic amines is 2. The first-order valence-corrected chi connectivity index (χ1v) is 10.3. The van der Waals surface area contributed by atoms with E-state index in [1.54, 1.807) is 13.1 Å². The largest absolute Gasteiger partial charge is 0.385 e. The summed E-state index contributed by atoms with van der Waals surface area (Å²) in [5.74, 6) is 0.891. The Morgan fingerprint density at radius 1 is 1.29 bits per heavy atom. The number of H-pyrrole nitrogens is 2. The van der Waals surface area contributed by atoms with Crippen molar-refractivity contribution in [1.29, 1.82) is 5.26 Å². The van der Waals surface area contributed by atoms with E-state index in [4.69, 9.17) is 5.26 Å². The van der Waals surface area contributed by atoms with Crippen LogP contribution in [0.5, 0.6) is 0 Å². The van der Waals surface area contributed by atoms with Gasteiger partial charge >= 0.3 is 0 Å². The number of hydrogen-bond acceptors (Lipinski definition) is 5. The van der Waals surface area contributed by atoms with Crippen molar-refractivity contribution in [2.24, 2.45) is 5.92 Å². The normalized spacial score (nSPS) is 22.1. The van der Waals surface area contributed by atoms with E-state index in [0.29, 0.717) is 11.7 Å². The number of aliphatic hydroxyl groups excluding tert-OH is 1. The molecule has 0 amide bonds. The molecule has 5 rings (SSSR count). The summed E-state index contributed by atoms with van der Waals surface area (Å²) in [6.07, 6.45) is 11.0. The van der Waals surface area contributed by atoms with Gasteiger partial charge in [0.2, 0.25) is 0 Å². The van der Waals surface area contributed by atoms with Crippen LogP contribution in [0.1, 0.15) is 57.4 Å². The highest BCUT2D eigenvalue weighted by Gasteiger charge is 2.28. The molecule has 1 aliphatic heterocycles. The zero-order valence-corrected chi connectivity index (χ0v) is 16.4. The summed E-state index contributed by atoms with van der Waals surface area (Å²) >= 11 is 0. The lowest BCUT2D eigenvalue weighted by molar-refractivity contribution is 0.188. The molecule has 3 N–H and O–H groups in total. The summed E-state index contributed by atoms with van der Waals surface area (Å²) in [4.78, 5) is 17.2. The Labute approximate surface area is 164 Å². The number of nitrogens with zero attached hydrogens (tertiary/aromatic N) is 4. The Kier molecular flexibility index (Phi) is 5.60. The van der Waals surface area contributed by atoms with Gasteiger partial charge in [0.15, 0.2) is 0 Å². The molecule has 0 spiro atoms. The first-order chi connectivity index (χ1) is 13.7. The fourth-order valence-electron chi connectivity index (χ4n) is 4.36. The van der Waals surface area contributed by atoms with Crippen LogP contribution >= 0.6 is 0 Å². The molecule has 0 aromatic carbocycles. The van der Waals surface area contributed by atoms with Crippen LogP contribution in [-0.4, -0.2) is 49.1 Å². The highest BCUT2D eigenvalue weighted by Crippen LogP contribution is 2.27. The zero-order chi connectivity index (χ0) is 19.5. The van der Waals surface area contributed by atoms with E-state index >= 15 is 0 Å². The number of fused-ring (bicyclic) bond motifs is 3. The molecule has 2 aliphatic rings. The molecule has 1 unspecified atom stereocenters. The Morgan fingerprint density at radius 3 is 2.82 bits per heavy atom. The summed E-state index contributed by atoms with van der Waals surface area (Å²) in [6.45, 7) is 3.89.